The smallest absolute Gasteiger partial charge is 0.252 e. The second kappa shape index (κ2) is 7.76. The normalized spacial score (nSPS) is 22.4. The minimum atomic E-state index is -0.486. The van der Waals surface area contributed by atoms with Gasteiger partial charge in [0.1, 0.15) is 0 Å². The maximum Gasteiger partial charge on any atom is 0.252 e. The Labute approximate surface area is 183 Å². The van der Waals surface area contributed by atoms with Crippen molar-refractivity contribution >= 4 is 22.8 Å². The molecule has 2 unspecified atom stereocenters. The Bertz CT molecular complexity index is 1120. The van der Waals surface area contributed by atoms with Crippen molar-refractivity contribution in [3.05, 3.63) is 72.6 Å². The van der Waals surface area contributed by atoms with Gasteiger partial charge in [0.2, 0.25) is 0 Å². The Morgan fingerprint density at radius 2 is 2.06 bits per heavy atom. The molecule has 4 N–H and O–H groups in total. The number of nitrogens with two attached hydrogens (primary N) is 1. The number of hydrogen-bond acceptors (Lipinski definition) is 4. The minimum Gasteiger partial charge on any atom is -0.380 e. The van der Waals surface area contributed by atoms with Gasteiger partial charge in [-0.3, -0.25) is 4.79 Å². The fraction of sp³-hybridized carbons (Fsp3) is 0.360. The number of nitrogens with one attached hydrogen (secondary N) is 2. The summed E-state index contributed by atoms with van der Waals surface area (Å²) in [5.74, 6) is -0.486. The van der Waals surface area contributed by atoms with Crippen LogP contribution in [0.2, 0.25) is 0 Å². The van der Waals surface area contributed by atoms with E-state index >= 15 is 0 Å². The van der Waals surface area contributed by atoms with Crippen LogP contribution >= 0.6 is 0 Å². The van der Waals surface area contributed by atoms with E-state index in [0.29, 0.717) is 12.1 Å². The summed E-state index contributed by atoms with van der Waals surface area (Å²) in [7, 11) is 0. The van der Waals surface area contributed by atoms with Crippen LogP contribution in [-0.4, -0.2) is 21.6 Å². The largest absolute Gasteiger partial charge is 0.380 e. The molecule has 0 bridgehead atoms. The van der Waals surface area contributed by atoms with Crippen LogP contribution in [0.5, 0.6) is 0 Å². The van der Waals surface area contributed by atoms with Crippen molar-refractivity contribution in [2.75, 3.05) is 10.6 Å². The summed E-state index contributed by atoms with van der Waals surface area (Å²) < 4.78 is 1.79. The number of carbonyl (C=O) groups excluding carboxylic acids is 1. The molecule has 2 heterocycles. The number of hydrogen-bond donors (Lipinski definition) is 3. The molecule has 6 heteroatoms. The van der Waals surface area contributed by atoms with E-state index < -0.39 is 5.91 Å². The van der Waals surface area contributed by atoms with E-state index in [2.05, 4.69) is 61.3 Å². The first-order valence-corrected chi connectivity index (χ1v) is 10.7. The zero-order valence-corrected chi connectivity index (χ0v) is 18.5. The van der Waals surface area contributed by atoms with Crippen molar-refractivity contribution in [3.8, 4) is 0 Å². The maximum atomic E-state index is 12.2. The van der Waals surface area contributed by atoms with Crippen LogP contribution in [0, 0.1) is 10.8 Å². The molecule has 162 valence electrons. The first-order chi connectivity index (χ1) is 14.7. The van der Waals surface area contributed by atoms with Crippen molar-refractivity contribution in [3.63, 3.8) is 0 Å². The number of nitrogens with zero attached hydrogens (tertiary/aromatic N) is 2. The lowest BCUT2D eigenvalue weighted by Gasteiger charge is -2.40. The van der Waals surface area contributed by atoms with Crippen LogP contribution in [0.3, 0.4) is 0 Å². The Kier molecular flexibility index (Phi) is 5.25. The topological polar surface area (TPSA) is 84.4 Å². The molecular weight excluding hydrogens is 386 g/mol. The van der Waals surface area contributed by atoms with Gasteiger partial charge in [-0.15, -0.1) is 6.58 Å². The molecule has 31 heavy (non-hydrogen) atoms. The Hall–Kier alpha value is -3.28. The van der Waals surface area contributed by atoms with Crippen LogP contribution in [0.4, 0.5) is 11.4 Å². The average molecular weight is 418 g/mol. The quantitative estimate of drug-likeness (QED) is 0.480. The third kappa shape index (κ3) is 3.67. The number of aromatic nitrogens is 2. The van der Waals surface area contributed by atoms with Gasteiger partial charge in [-0.05, 0) is 35.3 Å². The lowest BCUT2D eigenvalue weighted by molar-refractivity contribution is 0.100. The zero-order chi connectivity index (χ0) is 22.2. The fourth-order valence-electron chi connectivity index (χ4n) is 4.61. The lowest BCUT2D eigenvalue weighted by Crippen LogP contribution is -2.40. The molecule has 3 aromatic rings. The van der Waals surface area contributed by atoms with E-state index in [1.165, 1.54) is 5.56 Å². The second-order valence-corrected chi connectivity index (χ2v) is 9.27. The van der Waals surface area contributed by atoms with Crippen molar-refractivity contribution in [1.82, 2.24) is 9.61 Å². The maximum absolute atomic E-state index is 12.2. The Morgan fingerprint density at radius 1 is 1.32 bits per heavy atom. The van der Waals surface area contributed by atoms with Gasteiger partial charge in [0, 0.05) is 12.6 Å². The summed E-state index contributed by atoms with van der Waals surface area (Å²) >= 11 is 0. The molecule has 1 amide bonds. The number of primary amides is 1. The molecule has 0 saturated heterocycles. The molecule has 1 fully saturated rings. The van der Waals surface area contributed by atoms with E-state index in [9.17, 15) is 4.79 Å². The number of benzene rings is 1. The molecule has 4 rings (SSSR count). The number of allylic oxidation sites excluding steroid dienone is 1. The van der Waals surface area contributed by atoms with E-state index in [1.54, 1.807) is 10.7 Å². The lowest BCUT2D eigenvalue weighted by atomic mass is 9.68. The summed E-state index contributed by atoms with van der Waals surface area (Å²) in [6.45, 7) is 11.5. The Balaban J connectivity index is 1.68. The summed E-state index contributed by atoms with van der Waals surface area (Å²) in [6.07, 6.45) is 7.57. The number of anilines is 2. The van der Waals surface area contributed by atoms with Crippen molar-refractivity contribution < 1.29 is 4.79 Å². The molecule has 1 aromatic carbocycles. The van der Waals surface area contributed by atoms with E-state index in [0.717, 1.165) is 29.7 Å². The van der Waals surface area contributed by atoms with E-state index in [1.807, 2.05) is 30.5 Å². The SMILES string of the molecule is C=CC1(C)CCC(Nc2c(C(N)=O)cnn3cc(NCc4ccccc4)cc23)C1(C)C. The predicted molar refractivity (Wildman–Crippen MR) is 126 cm³/mol. The van der Waals surface area contributed by atoms with E-state index in [4.69, 9.17) is 5.73 Å². The van der Waals surface area contributed by atoms with Crippen LogP contribution in [0.25, 0.3) is 5.52 Å². The third-order valence-electron chi connectivity index (χ3n) is 7.31. The highest BCUT2D eigenvalue weighted by molar-refractivity contribution is 6.02. The van der Waals surface area contributed by atoms with Gasteiger partial charge < -0.3 is 16.4 Å². The number of rotatable bonds is 7. The molecule has 0 radical (unpaired) electrons. The van der Waals surface area contributed by atoms with Gasteiger partial charge in [0.25, 0.3) is 5.91 Å². The number of fused-ring (bicyclic) bond motifs is 1. The molecule has 0 spiro atoms. The van der Waals surface area contributed by atoms with Crippen LogP contribution in [0.1, 0.15) is 49.5 Å². The molecule has 1 aliphatic rings. The zero-order valence-electron chi connectivity index (χ0n) is 18.5. The molecular formula is C25H31N5O. The van der Waals surface area contributed by atoms with Gasteiger partial charge in [-0.2, -0.15) is 5.10 Å². The minimum absolute atomic E-state index is 0.0191. The van der Waals surface area contributed by atoms with Gasteiger partial charge in [-0.1, -0.05) is 57.2 Å². The van der Waals surface area contributed by atoms with Crippen LogP contribution in [-0.2, 0) is 6.54 Å². The van der Waals surface area contributed by atoms with Crippen LogP contribution in [0.15, 0.2) is 61.4 Å². The first kappa shape index (κ1) is 21.0. The second-order valence-electron chi connectivity index (χ2n) is 9.27. The summed E-state index contributed by atoms with van der Waals surface area (Å²) in [6, 6.07) is 12.4. The van der Waals surface area contributed by atoms with Gasteiger partial charge in [0.05, 0.1) is 34.8 Å². The monoisotopic (exact) mass is 417 g/mol. The van der Waals surface area contributed by atoms with E-state index in [-0.39, 0.29) is 16.9 Å². The standard InChI is InChI=1S/C25H31N5O/c1-5-25(4)12-11-21(24(25,2)3)29-22-19(23(26)31)15-28-30-16-18(13-20(22)30)27-14-17-9-7-6-8-10-17/h5-10,13,15-16,21,27,29H,1,11-12,14H2,2-4H3,(H2,26,31). The molecule has 0 aliphatic heterocycles. The first-order valence-electron chi connectivity index (χ1n) is 10.7. The van der Waals surface area contributed by atoms with Gasteiger partial charge in [0.15, 0.2) is 0 Å². The van der Waals surface area contributed by atoms with Crippen molar-refractivity contribution in [2.24, 2.45) is 16.6 Å². The van der Waals surface area contributed by atoms with Gasteiger partial charge >= 0.3 is 0 Å². The highest BCUT2D eigenvalue weighted by Gasteiger charge is 2.50. The molecule has 1 saturated carbocycles. The highest BCUT2D eigenvalue weighted by Crippen LogP contribution is 2.54. The predicted octanol–water partition coefficient (Wildman–Crippen LogP) is 4.84. The molecule has 2 aromatic heterocycles. The Morgan fingerprint density at radius 3 is 2.71 bits per heavy atom. The summed E-state index contributed by atoms with van der Waals surface area (Å²) in [5.41, 5.74) is 9.79. The molecule has 2 atom stereocenters. The van der Waals surface area contributed by atoms with Crippen molar-refractivity contribution in [1.29, 1.82) is 0 Å². The number of amides is 1. The molecule has 6 nitrogen and oxygen atoms in total. The summed E-state index contributed by atoms with van der Waals surface area (Å²) in [5, 5.41) is 11.5. The molecule has 1 aliphatic carbocycles. The van der Waals surface area contributed by atoms with Crippen LogP contribution < -0.4 is 16.4 Å². The van der Waals surface area contributed by atoms with Gasteiger partial charge in [-0.25, -0.2) is 4.52 Å². The third-order valence-corrected chi connectivity index (χ3v) is 7.31. The van der Waals surface area contributed by atoms with Crippen molar-refractivity contribution in [2.45, 2.75) is 46.2 Å². The highest BCUT2D eigenvalue weighted by atomic mass is 16.1. The number of carbonyl (C=O) groups is 1. The average Bonchev–Trinajstić information content (AvgIpc) is 3.27. The fourth-order valence-corrected chi connectivity index (χ4v) is 4.61. The summed E-state index contributed by atoms with van der Waals surface area (Å²) in [4.78, 5) is 12.2.